The lowest BCUT2D eigenvalue weighted by Gasteiger charge is -2.07. The number of ether oxygens (including phenoxy) is 1. The Morgan fingerprint density at radius 1 is 1.37 bits per heavy atom. The van der Waals surface area contributed by atoms with Gasteiger partial charge in [0.15, 0.2) is 11.7 Å². The zero-order valence-electron chi connectivity index (χ0n) is 10.6. The van der Waals surface area contributed by atoms with Crippen molar-refractivity contribution in [2.45, 2.75) is 13.8 Å². The Morgan fingerprint density at radius 2 is 2.05 bits per heavy atom. The molecule has 1 heterocycles. The lowest BCUT2D eigenvalue weighted by molar-refractivity contribution is -0.118. The monoisotopic (exact) mass is 340 g/mol. The molecule has 0 aliphatic carbocycles. The van der Waals surface area contributed by atoms with Crippen LogP contribution in [0, 0.1) is 13.8 Å². The number of carbonyl (C=O) groups excluding carboxylic acids is 1. The van der Waals surface area contributed by atoms with E-state index in [9.17, 15) is 4.79 Å². The Morgan fingerprint density at radius 3 is 2.63 bits per heavy atom. The Kier molecular flexibility index (Phi) is 4.55. The van der Waals surface area contributed by atoms with Crippen molar-refractivity contribution < 1.29 is 9.53 Å². The van der Waals surface area contributed by atoms with Crippen LogP contribution in [0.1, 0.15) is 11.1 Å². The van der Waals surface area contributed by atoms with Crippen LogP contribution < -0.4 is 10.1 Å². The molecule has 0 atom stereocenters. The van der Waals surface area contributed by atoms with E-state index in [-0.39, 0.29) is 12.5 Å². The van der Waals surface area contributed by atoms with Crippen LogP contribution in [0.25, 0.3) is 0 Å². The first-order valence-electron chi connectivity index (χ1n) is 5.65. The summed E-state index contributed by atoms with van der Waals surface area (Å²) in [6.07, 6.45) is 1.64. The molecule has 0 aliphatic rings. The quantitative estimate of drug-likeness (QED) is 0.925. The number of halogens is 1. The fourth-order valence-electron chi connectivity index (χ4n) is 1.63. The fourth-order valence-corrected chi connectivity index (χ4v) is 2.76. The minimum atomic E-state index is -0.221. The van der Waals surface area contributed by atoms with Gasteiger partial charge in [-0.1, -0.05) is 17.4 Å². The largest absolute Gasteiger partial charge is 0.484 e. The Hall–Kier alpha value is -1.40. The van der Waals surface area contributed by atoms with E-state index in [1.807, 2.05) is 26.0 Å². The molecule has 4 nitrogen and oxygen atoms in total. The zero-order valence-corrected chi connectivity index (χ0v) is 13.0. The maximum atomic E-state index is 11.7. The lowest BCUT2D eigenvalue weighted by Crippen LogP contribution is -2.20. The molecule has 2 rings (SSSR count). The van der Waals surface area contributed by atoms with Crippen LogP contribution in [0.2, 0.25) is 0 Å². The molecule has 0 fully saturated rings. The summed E-state index contributed by atoms with van der Waals surface area (Å²) in [5, 5.41) is 3.23. The van der Waals surface area contributed by atoms with Crippen molar-refractivity contribution >= 4 is 38.3 Å². The number of nitrogens with zero attached hydrogens (tertiary/aromatic N) is 1. The first-order chi connectivity index (χ1) is 9.02. The molecular formula is C13H13BrN2O2S. The molecule has 1 aromatic carbocycles. The van der Waals surface area contributed by atoms with Crippen molar-refractivity contribution in [3.63, 3.8) is 0 Å². The molecule has 1 amide bonds. The van der Waals surface area contributed by atoms with E-state index in [1.54, 1.807) is 6.20 Å². The summed E-state index contributed by atoms with van der Waals surface area (Å²) in [5.41, 5.74) is 2.22. The zero-order chi connectivity index (χ0) is 13.8. The minimum Gasteiger partial charge on any atom is -0.484 e. The molecule has 1 aromatic heterocycles. The maximum absolute atomic E-state index is 11.7. The average Bonchev–Trinajstić information content (AvgIpc) is 2.71. The van der Waals surface area contributed by atoms with E-state index in [0.717, 1.165) is 14.9 Å². The minimum absolute atomic E-state index is 0.0277. The van der Waals surface area contributed by atoms with Gasteiger partial charge in [0.2, 0.25) is 0 Å². The summed E-state index contributed by atoms with van der Waals surface area (Å²) in [5.74, 6) is 0.481. The van der Waals surface area contributed by atoms with E-state index in [0.29, 0.717) is 10.9 Å². The maximum Gasteiger partial charge on any atom is 0.264 e. The summed E-state index contributed by atoms with van der Waals surface area (Å²) >= 11 is 4.65. The van der Waals surface area contributed by atoms with Crippen LogP contribution in [0.3, 0.4) is 0 Å². The highest BCUT2D eigenvalue weighted by atomic mass is 79.9. The average molecular weight is 341 g/mol. The Balaban J connectivity index is 1.89. The van der Waals surface area contributed by atoms with Gasteiger partial charge in [0.05, 0.1) is 9.98 Å². The summed E-state index contributed by atoms with van der Waals surface area (Å²) in [7, 11) is 0. The number of benzene rings is 1. The molecule has 0 radical (unpaired) electrons. The first-order valence-corrected chi connectivity index (χ1v) is 7.26. The van der Waals surface area contributed by atoms with Gasteiger partial charge in [0.1, 0.15) is 5.75 Å². The van der Waals surface area contributed by atoms with Crippen LogP contribution in [0.4, 0.5) is 5.13 Å². The fraction of sp³-hybridized carbons (Fsp3) is 0.231. The summed E-state index contributed by atoms with van der Waals surface area (Å²) in [6, 6.07) is 5.86. The smallest absolute Gasteiger partial charge is 0.264 e. The molecule has 0 spiro atoms. The van der Waals surface area contributed by atoms with Crippen molar-refractivity contribution in [1.29, 1.82) is 0 Å². The standard InChI is InChI=1S/C13H13BrN2O2S/c1-8-3-9(2)5-10(4-8)18-7-12(17)16-13-15-6-11(14)19-13/h3-6H,7H2,1-2H3,(H,15,16,17). The predicted octanol–water partition coefficient (Wildman–Crippen LogP) is 3.54. The van der Waals surface area contributed by atoms with E-state index in [2.05, 4.69) is 32.3 Å². The molecule has 0 aliphatic heterocycles. The topological polar surface area (TPSA) is 51.2 Å². The van der Waals surface area contributed by atoms with Crippen LogP contribution in [0.15, 0.2) is 28.2 Å². The number of carbonyl (C=O) groups is 1. The molecular weight excluding hydrogens is 328 g/mol. The van der Waals surface area contributed by atoms with E-state index in [4.69, 9.17) is 4.74 Å². The second kappa shape index (κ2) is 6.16. The first kappa shape index (κ1) is 14.0. The predicted molar refractivity (Wildman–Crippen MR) is 79.9 cm³/mol. The van der Waals surface area contributed by atoms with Gasteiger partial charge < -0.3 is 4.74 Å². The molecule has 0 saturated carbocycles. The number of nitrogens with one attached hydrogen (secondary N) is 1. The number of amides is 1. The van der Waals surface area contributed by atoms with Gasteiger partial charge in [-0.25, -0.2) is 4.98 Å². The van der Waals surface area contributed by atoms with Crippen LogP contribution >= 0.6 is 27.3 Å². The number of hydrogen-bond donors (Lipinski definition) is 1. The van der Waals surface area contributed by atoms with Crippen LogP contribution in [-0.4, -0.2) is 17.5 Å². The van der Waals surface area contributed by atoms with Gasteiger partial charge in [-0.05, 0) is 53.0 Å². The number of aromatic nitrogens is 1. The number of hydrogen-bond acceptors (Lipinski definition) is 4. The third-order valence-corrected chi connectivity index (χ3v) is 3.68. The van der Waals surface area contributed by atoms with Crippen molar-refractivity contribution in [2.75, 3.05) is 11.9 Å². The highest BCUT2D eigenvalue weighted by Gasteiger charge is 2.07. The van der Waals surface area contributed by atoms with Crippen molar-refractivity contribution in [2.24, 2.45) is 0 Å². The molecule has 19 heavy (non-hydrogen) atoms. The molecule has 0 saturated heterocycles. The number of rotatable bonds is 4. The van der Waals surface area contributed by atoms with Crippen LogP contribution in [-0.2, 0) is 4.79 Å². The number of anilines is 1. The summed E-state index contributed by atoms with van der Waals surface area (Å²) in [6.45, 7) is 3.96. The van der Waals surface area contributed by atoms with E-state index >= 15 is 0 Å². The Bertz CT molecular complexity index is 578. The van der Waals surface area contributed by atoms with E-state index in [1.165, 1.54) is 11.3 Å². The van der Waals surface area contributed by atoms with E-state index < -0.39 is 0 Å². The van der Waals surface area contributed by atoms with Crippen molar-refractivity contribution in [3.05, 3.63) is 39.3 Å². The van der Waals surface area contributed by atoms with Crippen LogP contribution in [0.5, 0.6) is 5.75 Å². The molecule has 1 N–H and O–H groups in total. The highest BCUT2D eigenvalue weighted by molar-refractivity contribution is 9.11. The third kappa shape index (κ3) is 4.33. The van der Waals surface area contributed by atoms with Gasteiger partial charge >= 0.3 is 0 Å². The summed E-state index contributed by atoms with van der Waals surface area (Å²) < 4.78 is 6.33. The molecule has 6 heteroatoms. The van der Waals surface area contributed by atoms with Crippen molar-refractivity contribution in [1.82, 2.24) is 4.98 Å². The number of thiazole rings is 1. The Labute approximate surface area is 124 Å². The van der Waals surface area contributed by atoms with Crippen molar-refractivity contribution in [3.8, 4) is 5.75 Å². The van der Waals surface area contributed by atoms with Gasteiger partial charge in [-0.15, -0.1) is 0 Å². The van der Waals surface area contributed by atoms with Gasteiger partial charge in [0, 0.05) is 0 Å². The molecule has 2 aromatic rings. The molecule has 100 valence electrons. The SMILES string of the molecule is Cc1cc(C)cc(OCC(=O)Nc2ncc(Br)s2)c1. The van der Waals surface area contributed by atoms with Gasteiger partial charge in [0.25, 0.3) is 5.91 Å². The molecule has 0 bridgehead atoms. The highest BCUT2D eigenvalue weighted by Crippen LogP contribution is 2.23. The third-order valence-electron chi connectivity index (χ3n) is 2.29. The lowest BCUT2D eigenvalue weighted by atomic mass is 10.1. The molecule has 0 unspecified atom stereocenters. The summed E-state index contributed by atoms with van der Waals surface area (Å²) in [4.78, 5) is 15.7. The second-order valence-electron chi connectivity index (χ2n) is 4.13. The van der Waals surface area contributed by atoms with Gasteiger partial charge in [-0.3, -0.25) is 10.1 Å². The second-order valence-corrected chi connectivity index (χ2v) is 6.54. The normalized spacial score (nSPS) is 10.3. The number of aryl methyl sites for hydroxylation is 2. The van der Waals surface area contributed by atoms with Gasteiger partial charge in [-0.2, -0.15) is 0 Å².